The maximum absolute atomic E-state index is 13.8. The summed E-state index contributed by atoms with van der Waals surface area (Å²) in [7, 11) is 1.31. The van der Waals surface area contributed by atoms with Crippen LogP contribution < -0.4 is 11.1 Å². The third kappa shape index (κ3) is 4.03. The molecule has 5 nitrogen and oxygen atoms in total. The van der Waals surface area contributed by atoms with Gasteiger partial charge < -0.3 is 10.5 Å². The molecule has 110 valence electrons. The summed E-state index contributed by atoms with van der Waals surface area (Å²) in [6, 6.07) is 3.49. The second-order valence-corrected chi connectivity index (χ2v) is 4.80. The number of benzene rings is 1. The first-order valence-corrected chi connectivity index (χ1v) is 6.26. The number of hydrogen-bond acceptors (Lipinski definition) is 4. The van der Waals surface area contributed by atoms with E-state index in [9.17, 15) is 14.0 Å². The highest BCUT2D eigenvalue weighted by Gasteiger charge is 2.22. The number of nitrogens with one attached hydrogen (secondary N) is 1. The van der Waals surface area contributed by atoms with Crippen LogP contribution in [0, 0.1) is 11.7 Å². The molecule has 0 saturated heterocycles. The number of halogens is 1. The lowest BCUT2D eigenvalue weighted by Gasteiger charge is -2.20. The highest BCUT2D eigenvalue weighted by atomic mass is 19.1. The molecule has 1 atom stereocenters. The van der Waals surface area contributed by atoms with Crippen LogP contribution in [-0.4, -0.2) is 25.0 Å². The summed E-state index contributed by atoms with van der Waals surface area (Å²) in [5, 5.41) is 2.94. The Labute approximate surface area is 117 Å². The van der Waals surface area contributed by atoms with Crippen molar-refractivity contribution in [3.05, 3.63) is 35.1 Å². The van der Waals surface area contributed by atoms with Crippen LogP contribution in [0.5, 0.6) is 0 Å². The Morgan fingerprint density at radius 3 is 2.50 bits per heavy atom. The van der Waals surface area contributed by atoms with Gasteiger partial charge in [0.15, 0.2) is 0 Å². The standard InChI is InChI=1S/C14H19FN2O3/c1-8(2)12(14(19)20-3)17-7-10-5-4-9(13(16)18)6-11(10)15/h4-6,8,12,17H,7H2,1-3H3,(H2,16,18). The van der Waals surface area contributed by atoms with Crippen molar-refractivity contribution in [3.63, 3.8) is 0 Å². The van der Waals surface area contributed by atoms with Gasteiger partial charge in [-0.05, 0) is 18.1 Å². The van der Waals surface area contributed by atoms with Crippen molar-refractivity contribution < 1.29 is 18.7 Å². The summed E-state index contributed by atoms with van der Waals surface area (Å²) in [6.07, 6.45) is 0. The van der Waals surface area contributed by atoms with Gasteiger partial charge in [0.25, 0.3) is 0 Å². The fourth-order valence-corrected chi connectivity index (χ4v) is 1.78. The van der Waals surface area contributed by atoms with Crippen molar-refractivity contribution >= 4 is 11.9 Å². The van der Waals surface area contributed by atoms with Gasteiger partial charge in [-0.1, -0.05) is 19.9 Å². The van der Waals surface area contributed by atoms with Crippen molar-refractivity contribution in [2.75, 3.05) is 7.11 Å². The Morgan fingerprint density at radius 2 is 2.05 bits per heavy atom. The van der Waals surface area contributed by atoms with Crippen molar-refractivity contribution in [2.24, 2.45) is 11.7 Å². The van der Waals surface area contributed by atoms with Crippen molar-refractivity contribution in [2.45, 2.75) is 26.4 Å². The van der Waals surface area contributed by atoms with Crippen LogP contribution in [0.3, 0.4) is 0 Å². The van der Waals surface area contributed by atoms with Crippen LogP contribution in [0.4, 0.5) is 4.39 Å². The fraction of sp³-hybridized carbons (Fsp3) is 0.429. The molecule has 6 heteroatoms. The first kappa shape index (κ1) is 16.1. The molecule has 1 aromatic rings. The van der Waals surface area contributed by atoms with E-state index in [4.69, 9.17) is 5.73 Å². The van der Waals surface area contributed by atoms with Gasteiger partial charge in [0, 0.05) is 17.7 Å². The Bertz CT molecular complexity index is 503. The van der Waals surface area contributed by atoms with Gasteiger partial charge in [0.1, 0.15) is 11.9 Å². The van der Waals surface area contributed by atoms with Gasteiger partial charge in [-0.15, -0.1) is 0 Å². The molecule has 0 aliphatic rings. The summed E-state index contributed by atoms with van der Waals surface area (Å²) in [5.41, 5.74) is 5.53. The van der Waals surface area contributed by atoms with E-state index in [-0.39, 0.29) is 18.0 Å². The summed E-state index contributed by atoms with van der Waals surface area (Å²) in [6.45, 7) is 3.88. The average Bonchev–Trinajstić information content (AvgIpc) is 2.39. The van der Waals surface area contributed by atoms with E-state index in [2.05, 4.69) is 10.1 Å². The fourth-order valence-electron chi connectivity index (χ4n) is 1.78. The highest BCUT2D eigenvalue weighted by Crippen LogP contribution is 2.12. The molecule has 1 aromatic carbocycles. The smallest absolute Gasteiger partial charge is 0.323 e. The number of hydrogen-bond donors (Lipinski definition) is 2. The van der Waals surface area contributed by atoms with Crippen LogP contribution in [0.2, 0.25) is 0 Å². The highest BCUT2D eigenvalue weighted by molar-refractivity contribution is 5.92. The van der Waals surface area contributed by atoms with Crippen LogP contribution in [-0.2, 0) is 16.1 Å². The summed E-state index contributed by atoms with van der Waals surface area (Å²) in [5.74, 6) is -1.61. The van der Waals surface area contributed by atoms with Crippen molar-refractivity contribution in [3.8, 4) is 0 Å². The molecule has 0 fully saturated rings. The quantitative estimate of drug-likeness (QED) is 0.768. The summed E-state index contributed by atoms with van der Waals surface area (Å²) < 4.78 is 18.5. The molecule has 0 heterocycles. The Kier molecular flexibility index (Phi) is 5.64. The SMILES string of the molecule is COC(=O)C(NCc1ccc(C(N)=O)cc1F)C(C)C. The number of rotatable bonds is 6. The van der Waals surface area contributed by atoms with Gasteiger partial charge in [0.2, 0.25) is 5.91 Å². The Morgan fingerprint density at radius 1 is 1.40 bits per heavy atom. The molecule has 1 unspecified atom stereocenters. The molecule has 1 rings (SSSR count). The molecule has 0 aliphatic heterocycles. The van der Waals surface area contributed by atoms with Gasteiger partial charge in [-0.25, -0.2) is 4.39 Å². The third-order valence-electron chi connectivity index (χ3n) is 2.97. The van der Waals surface area contributed by atoms with Crippen LogP contribution >= 0.6 is 0 Å². The Balaban J connectivity index is 2.78. The van der Waals surface area contributed by atoms with Crippen molar-refractivity contribution in [1.29, 1.82) is 0 Å². The van der Waals surface area contributed by atoms with E-state index in [1.54, 1.807) is 0 Å². The van der Waals surface area contributed by atoms with E-state index >= 15 is 0 Å². The first-order chi connectivity index (χ1) is 9.36. The molecule has 0 bridgehead atoms. The van der Waals surface area contributed by atoms with Gasteiger partial charge in [-0.2, -0.15) is 0 Å². The van der Waals surface area contributed by atoms with Crippen LogP contribution in [0.1, 0.15) is 29.8 Å². The zero-order chi connectivity index (χ0) is 15.3. The molecule has 0 aliphatic carbocycles. The van der Waals surface area contributed by atoms with E-state index in [0.29, 0.717) is 5.56 Å². The molecule has 0 radical (unpaired) electrons. The maximum atomic E-state index is 13.8. The number of ether oxygens (including phenoxy) is 1. The normalized spacial score (nSPS) is 12.2. The minimum atomic E-state index is -0.682. The minimum Gasteiger partial charge on any atom is -0.468 e. The molecular formula is C14H19FN2O3. The van der Waals surface area contributed by atoms with Gasteiger partial charge in [-0.3, -0.25) is 14.9 Å². The molecule has 20 heavy (non-hydrogen) atoms. The minimum absolute atomic E-state index is 0.00963. The molecule has 0 saturated carbocycles. The molecular weight excluding hydrogens is 263 g/mol. The predicted octanol–water partition coefficient (Wildman–Crippen LogP) is 1.21. The Hall–Kier alpha value is -1.95. The number of carbonyl (C=O) groups excluding carboxylic acids is 2. The van der Waals surface area contributed by atoms with Crippen LogP contribution in [0.25, 0.3) is 0 Å². The zero-order valence-electron chi connectivity index (χ0n) is 11.8. The predicted molar refractivity (Wildman–Crippen MR) is 72.4 cm³/mol. The number of esters is 1. The van der Waals surface area contributed by atoms with E-state index in [1.165, 1.54) is 19.2 Å². The molecule has 0 spiro atoms. The molecule has 1 amide bonds. The monoisotopic (exact) mass is 282 g/mol. The number of methoxy groups -OCH3 is 1. The number of amides is 1. The van der Waals surface area contributed by atoms with Crippen LogP contribution in [0.15, 0.2) is 18.2 Å². The van der Waals surface area contributed by atoms with E-state index in [0.717, 1.165) is 6.07 Å². The topological polar surface area (TPSA) is 81.4 Å². The largest absolute Gasteiger partial charge is 0.468 e. The first-order valence-electron chi connectivity index (χ1n) is 6.26. The zero-order valence-corrected chi connectivity index (χ0v) is 11.8. The van der Waals surface area contributed by atoms with E-state index in [1.807, 2.05) is 13.8 Å². The molecule has 0 aromatic heterocycles. The van der Waals surface area contributed by atoms with Gasteiger partial charge in [0.05, 0.1) is 7.11 Å². The third-order valence-corrected chi connectivity index (χ3v) is 2.97. The number of nitrogens with two attached hydrogens (primary N) is 1. The lowest BCUT2D eigenvalue weighted by atomic mass is 10.0. The van der Waals surface area contributed by atoms with Crippen molar-refractivity contribution in [1.82, 2.24) is 5.32 Å². The molecule has 3 N–H and O–H groups in total. The summed E-state index contributed by atoms with van der Waals surface area (Å²) >= 11 is 0. The number of primary amides is 1. The average molecular weight is 282 g/mol. The summed E-state index contributed by atoms with van der Waals surface area (Å²) in [4.78, 5) is 22.5. The second kappa shape index (κ2) is 7.00. The van der Waals surface area contributed by atoms with Gasteiger partial charge >= 0.3 is 5.97 Å². The number of carbonyl (C=O) groups is 2. The lowest BCUT2D eigenvalue weighted by molar-refractivity contribution is -0.144. The lowest BCUT2D eigenvalue weighted by Crippen LogP contribution is -2.41. The maximum Gasteiger partial charge on any atom is 0.323 e. The second-order valence-electron chi connectivity index (χ2n) is 4.80. The van der Waals surface area contributed by atoms with E-state index < -0.39 is 23.7 Å².